The van der Waals surface area contributed by atoms with Crippen molar-refractivity contribution in [1.82, 2.24) is 34.8 Å². The predicted octanol–water partition coefficient (Wildman–Crippen LogP) is 4.49. The molecule has 1 aliphatic heterocycles. The van der Waals surface area contributed by atoms with E-state index < -0.39 is 12.2 Å². The Labute approximate surface area is 220 Å². The minimum absolute atomic E-state index is 0.172. The van der Waals surface area contributed by atoms with Gasteiger partial charge in [0.1, 0.15) is 34.9 Å². The van der Waals surface area contributed by atoms with Gasteiger partial charge in [-0.2, -0.15) is 13.2 Å². The molecule has 1 fully saturated rings. The molecule has 0 amide bonds. The standard InChI is InChI=1S/C26H24F3N9O/c1-15-9-16(3-6-21(15)39-17-4-5-20-18(10-17)34-14-37(20)2)35-24-23-19(32-13-33-24)11-31-25(36-23)38-8-7-30-22(12-38)26(27,28)29/h3-6,9-11,13-14,22,30H,7-8,12H2,1-2H3,(H,32,33,35). The van der Waals surface area contributed by atoms with Crippen molar-refractivity contribution in [2.24, 2.45) is 7.05 Å². The van der Waals surface area contributed by atoms with E-state index in [-0.39, 0.29) is 19.0 Å². The van der Waals surface area contributed by atoms with Crippen molar-refractivity contribution in [2.75, 3.05) is 29.9 Å². The van der Waals surface area contributed by atoms with E-state index in [4.69, 9.17) is 4.74 Å². The SMILES string of the molecule is Cc1cc(Nc2ncnc3cnc(N4CCNC(C(F)(F)F)C4)nc23)ccc1Oc1ccc2c(c1)ncn2C. The number of halogens is 3. The number of aromatic nitrogens is 6. The molecule has 0 spiro atoms. The van der Waals surface area contributed by atoms with Gasteiger partial charge in [-0.3, -0.25) is 0 Å². The number of benzene rings is 2. The topological polar surface area (TPSA) is 106 Å². The first-order chi connectivity index (χ1) is 18.7. The molecule has 2 aromatic carbocycles. The highest BCUT2D eigenvalue weighted by atomic mass is 19.4. The van der Waals surface area contributed by atoms with E-state index in [2.05, 4.69) is 35.6 Å². The van der Waals surface area contributed by atoms with Gasteiger partial charge >= 0.3 is 6.18 Å². The molecule has 0 radical (unpaired) electrons. The van der Waals surface area contributed by atoms with Gasteiger partial charge in [0.2, 0.25) is 5.95 Å². The molecule has 3 aromatic heterocycles. The van der Waals surface area contributed by atoms with Crippen molar-refractivity contribution >= 4 is 39.5 Å². The molecule has 0 bridgehead atoms. The van der Waals surface area contributed by atoms with E-state index >= 15 is 0 Å². The maximum Gasteiger partial charge on any atom is 0.405 e. The summed E-state index contributed by atoms with van der Waals surface area (Å²) in [6.45, 7) is 2.17. The van der Waals surface area contributed by atoms with Crippen LogP contribution in [0.3, 0.4) is 0 Å². The van der Waals surface area contributed by atoms with Crippen LogP contribution in [0.15, 0.2) is 55.2 Å². The van der Waals surface area contributed by atoms with Crippen LogP contribution in [0.5, 0.6) is 11.5 Å². The molecule has 1 unspecified atom stereocenters. The van der Waals surface area contributed by atoms with Crippen molar-refractivity contribution in [3.63, 3.8) is 0 Å². The smallest absolute Gasteiger partial charge is 0.405 e. The van der Waals surface area contributed by atoms with Gasteiger partial charge in [-0.15, -0.1) is 0 Å². The third kappa shape index (κ3) is 5.00. The number of alkyl halides is 3. The fourth-order valence-electron chi connectivity index (χ4n) is 4.52. The number of rotatable bonds is 5. The van der Waals surface area contributed by atoms with Crippen LogP contribution in [0.25, 0.3) is 22.1 Å². The summed E-state index contributed by atoms with van der Waals surface area (Å²) in [7, 11) is 1.94. The van der Waals surface area contributed by atoms with Crippen LogP contribution in [0.4, 0.5) is 30.6 Å². The highest BCUT2D eigenvalue weighted by Gasteiger charge is 2.42. The molecule has 0 saturated carbocycles. The molecule has 10 nitrogen and oxygen atoms in total. The first kappa shape index (κ1) is 24.8. The number of hydrogen-bond donors (Lipinski definition) is 2. The van der Waals surface area contributed by atoms with Crippen molar-refractivity contribution in [3.8, 4) is 11.5 Å². The normalized spacial score (nSPS) is 16.1. The van der Waals surface area contributed by atoms with Gasteiger partial charge in [-0.1, -0.05) is 0 Å². The highest BCUT2D eigenvalue weighted by Crippen LogP contribution is 2.31. The number of aryl methyl sites for hydroxylation is 2. The Kier molecular flexibility index (Phi) is 6.14. The van der Waals surface area contributed by atoms with Crippen molar-refractivity contribution < 1.29 is 17.9 Å². The summed E-state index contributed by atoms with van der Waals surface area (Å²) in [6.07, 6.45) is 0.282. The summed E-state index contributed by atoms with van der Waals surface area (Å²) < 4.78 is 47.8. The second-order valence-corrected chi connectivity index (χ2v) is 9.33. The summed E-state index contributed by atoms with van der Waals surface area (Å²) in [5, 5.41) is 5.75. The zero-order valence-corrected chi connectivity index (χ0v) is 21.1. The third-order valence-corrected chi connectivity index (χ3v) is 6.58. The van der Waals surface area contributed by atoms with Gasteiger partial charge < -0.3 is 24.8 Å². The van der Waals surface area contributed by atoms with Crippen molar-refractivity contribution in [2.45, 2.75) is 19.1 Å². The molecule has 5 aromatic rings. The number of nitrogens with one attached hydrogen (secondary N) is 2. The summed E-state index contributed by atoms with van der Waals surface area (Å²) >= 11 is 0. The van der Waals surface area contributed by atoms with Gasteiger partial charge in [-0.25, -0.2) is 24.9 Å². The molecule has 0 aliphatic carbocycles. The van der Waals surface area contributed by atoms with E-state index in [0.717, 1.165) is 22.3 Å². The summed E-state index contributed by atoms with van der Waals surface area (Å²) in [6, 6.07) is 9.71. The number of nitrogens with zero attached hydrogens (tertiary/aromatic N) is 7. The van der Waals surface area contributed by atoms with E-state index in [1.807, 2.05) is 54.9 Å². The minimum Gasteiger partial charge on any atom is -0.457 e. The Hall–Kier alpha value is -4.52. The lowest BCUT2D eigenvalue weighted by Crippen LogP contribution is -2.57. The average Bonchev–Trinajstić information content (AvgIpc) is 3.29. The maximum absolute atomic E-state index is 13.3. The second kappa shape index (κ2) is 9.66. The fourth-order valence-corrected chi connectivity index (χ4v) is 4.52. The van der Waals surface area contributed by atoms with Crippen molar-refractivity contribution in [3.05, 3.63) is 60.8 Å². The van der Waals surface area contributed by atoms with E-state index in [0.29, 0.717) is 34.9 Å². The minimum atomic E-state index is -4.36. The lowest BCUT2D eigenvalue weighted by atomic mass is 10.2. The molecule has 1 aliphatic rings. The van der Waals surface area contributed by atoms with Crippen LogP contribution in [0.2, 0.25) is 0 Å². The summed E-state index contributed by atoms with van der Waals surface area (Å²) in [4.78, 5) is 23.2. The molecule has 200 valence electrons. The Morgan fingerprint density at radius 3 is 2.74 bits per heavy atom. The van der Waals surface area contributed by atoms with Gasteiger partial charge in [0.15, 0.2) is 5.82 Å². The number of imidazole rings is 1. The fraction of sp³-hybridized carbons (Fsp3) is 0.269. The van der Waals surface area contributed by atoms with Crippen LogP contribution < -0.4 is 20.3 Å². The summed E-state index contributed by atoms with van der Waals surface area (Å²) in [5.74, 6) is 1.98. The van der Waals surface area contributed by atoms with Crippen LogP contribution in [-0.2, 0) is 7.05 Å². The van der Waals surface area contributed by atoms with E-state index in [9.17, 15) is 13.2 Å². The first-order valence-corrected chi connectivity index (χ1v) is 12.2. The summed E-state index contributed by atoms with van der Waals surface area (Å²) in [5.41, 5.74) is 4.36. The number of ether oxygens (including phenoxy) is 1. The first-order valence-electron chi connectivity index (χ1n) is 12.2. The van der Waals surface area contributed by atoms with Crippen LogP contribution in [0, 0.1) is 6.92 Å². The second-order valence-electron chi connectivity index (χ2n) is 9.33. The third-order valence-electron chi connectivity index (χ3n) is 6.58. The Morgan fingerprint density at radius 1 is 1.05 bits per heavy atom. The number of anilines is 3. The predicted molar refractivity (Wildman–Crippen MR) is 140 cm³/mol. The monoisotopic (exact) mass is 535 g/mol. The zero-order chi connectivity index (χ0) is 27.1. The Bertz CT molecular complexity index is 1670. The lowest BCUT2D eigenvalue weighted by molar-refractivity contribution is -0.155. The Balaban J connectivity index is 1.23. The van der Waals surface area contributed by atoms with Crippen molar-refractivity contribution in [1.29, 1.82) is 0 Å². The van der Waals surface area contributed by atoms with E-state index in [1.165, 1.54) is 17.4 Å². The molecule has 1 saturated heterocycles. The van der Waals surface area contributed by atoms with E-state index in [1.54, 1.807) is 6.33 Å². The van der Waals surface area contributed by atoms with Crippen LogP contribution in [0.1, 0.15) is 5.56 Å². The number of piperazine rings is 1. The molecule has 2 N–H and O–H groups in total. The highest BCUT2D eigenvalue weighted by molar-refractivity contribution is 5.87. The molecule has 4 heterocycles. The molecular formula is C26H24F3N9O. The maximum atomic E-state index is 13.3. The molecular weight excluding hydrogens is 511 g/mol. The molecule has 13 heteroatoms. The van der Waals surface area contributed by atoms with Gasteiger partial charge in [-0.05, 0) is 42.8 Å². The largest absolute Gasteiger partial charge is 0.457 e. The lowest BCUT2D eigenvalue weighted by Gasteiger charge is -2.34. The molecule has 6 rings (SSSR count). The molecule has 39 heavy (non-hydrogen) atoms. The van der Waals surface area contributed by atoms with Crippen LogP contribution >= 0.6 is 0 Å². The average molecular weight is 536 g/mol. The quantitative estimate of drug-likeness (QED) is 0.337. The van der Waals surface area contributed by atoms with Gasteiger partial charge in [0, 0.05) is 38.4 Å². The molecule has 1 atom stereocenters. The number of hydrogen-bond acceptors (Lipinski definition) is 9. The van der Waals surface area contributed by atoms with Gasteiger partial charge in [0.05, 0.1) is 23.6 Å². The van der Waals surface area contributed by atoms with Gasteiger partial charge in [0.25, 0.3) is 0 Å². The Morgan fingerprint density at radius 2 is 1.92 bits per heavy atom. The van der Waals surface area contributed by atoms with Crippen LogP contribution in [-0.4, -0.2) is 61.3 Å². The zero-order valence-electron chi connectivity index (χ0n) is 21.1. The number of fused-ring (bicyclic) bond motifs is 2.